The number of halogens is 3. The van der Waals surface area contributed by atoms with Crippen LogP contribution in [0.3, 0.4) is 0 Å². The average molecular weight is 549 g/mol. The molecule has 2 atom stereocenters. The van der Waals surface area contributed by atoms with E-state index in [9.17, 15) is 33.0 Å². The Hall–Kier alpha value is -3.02. The second-order valence-corrected chi connectivity index (χ2v) is 11.1. The molecule has 0 radical (unpaired) electrons. The number of rotatable bonds is 7. The van der Waals surface area contributed by atoms with Crippen LogP contribution in [-0.2, 0) is 16.6 Å². The normalized spacial score (nSPS) is 25.9. The fraction of sp³-hybridized carbons (Fsp3) is 0.536. The summed E-state index contributed by atoms with van der Waals surface area (Å²) in [5, 5.41) is 27.8. The van der Waals surface area contributed by atoms with Gasteiger partial charge in [0.2, 0.25) is 5.91 Å². The van der Waals surface area contributed by atoms with Gasteiger partial charge in [0.1, 0.15) is 5.60 Å². The van der Waals surface area contributed by atoms with E-state index in [1.165, 1.54) is 11.0 Å². The van der Waals surface area contributed by atoms with Crippen LogP contribution in [0.25, 0.3) is 0 Å². The first-order chi connectivity index (χ1) is 18.3. The van der Waals surface area contributed by atoms with Crippen molar-refractivity contribution < 1.29 is 33.0 Å². The molecule has 2 aromatic rings. The number of aromatic nitrogens is 1. The lowest BCUT2D eigenvalue weighted by molar-refractivity contribution is -0.137. The van der Waals surface area contributed by atoms with Crippen molar-refractivity contribution in [2.24, 2.45) is 0 Å². The summed E-state index contributed by atoms with van der Waals surface area (Å²) in [5.74, 6) is -1.22. The third-order valence-electron chi connectivity index (χ3n) is 7.71. The van der Waals surface area contributed by atoms with Crippen molar-refractivity contribution >= 4 is 11.8 Å². The highest BCUT2D eigenvalue weighted by atomic mass is 19.4. The number of likely N-dealkylation sites (tertiary alicyclic amines) is 1. The number of aliphatic hydroxyl groups is 2. The Bertz CT molecular complexity index is 1160. The molecule has 2 heterocycles. The van der Waals surface area contributed by atoms with Gasteiger partial charge in [0.05, 0.1) is 29.4 Å². The zero-order valence-corrected chi connectivity index (χ0v) is 22.0. The number of alkyl halides is 3. The molecular weight excluding hydrogens is 513 g/mol. The zero-order valence-electron chi connectivity index (χ0n) is 22.0. The highest BCUT2D eigenvalue weighted by Crippen LogP contribution is 2.37. The number of hydrogen-bond acceptors (Lipinski definition) is 6. The molecule has 4 rings (SSSR count). The SMILES string of the molecule is CC(C)(O)[C@@H]1C[C@H](NC2CCC(O)(c3ccccn3)CC2)CN1C(=O)CNC(=O)c1cccc(C(F)(F)F)c1. The van der Waals surface area contributed by atoms with Gasteiger partial charge in [-0.1, -0.05) is 12.1 Å². The summed E-state index contributed by atoms with van der Waals surface area (Å²) in [5.41, 5.74) is -2.65. The highest BCUT2D eigenvalue weighted by Gasteiger charge is 2.44. The van der Waals surface area contributed by atoms with E-state index in [0.29, 0.717) is 31.5 Å². The summed E-state index contributed by atoms with van der Waals surface area (Å²) in [7, 11) is 0. The largest absolute Gasteiger partial charge is 0.416 e. The summed E-state index contributed by atoms with van der Waals surface area (Å²) >= 11 is 0. The summed E-state index contributed by atoms with van der Waals surface area (Å²) < 4.78 is 39.0. The van der Waals surface area contributed by atoms with Crippen molar-refractivity contribution in [1.82, 2.24) is 20.5 Å². The number of nitrogens with one attached hydrogen (secondary N) is 2. The Kier molecular flexibility index (Phi) is 8.34. The molecule has 1 aromatic heterocycles. The molecule has 0 unspecified atom stereocenters. The van der Waals surface area contributed by atoms with Crippen molar-refractivity contribution in [1.29, 1.82) is 0 Å². The van der Waals surface area contributed by atoms with Gasteiger partial charge < -0.3 is 25.7 Å². The number of benzene rings is 1. The third-order valence-corrected chi connectivity index (χ3v) is 7.71. The first-order valence-electron chi connectivity index (χ1n) is 13.1. The van der Waals surface area contributed by atoms with Gasteiger partial charge in [-0.15, -0.1) is 0 Å². The molecule has 8 nitrogen and oxygen atoms in total. The first-order valence-corrected chi connectivity index (χ1v) is 13.1. The quantitative estimate of drug-likeness (QED) is 0.423. The molecule has 11 heteroatoms. The number of hydrogen-bond donors (Lipinski definition) is 4. The Morgan fingerprint density at radius 1 is 1.10 bits per heavy atom. The molecule has 0 spiro atoms. The van der Waals surface area contributed by atoms with E-state index in [-0.39, 0.29) is 17.6 Å². The lowest BCUT2D eigenvalue weighted by Crippen LogP contribution is -2.51. The molecule has 0 bridgehead atoms. The van der Waals surface area contributed by atoms with Gasteiger partial charge in [0.25, 0.3) is 5.91 Å². The molecular formula is C28H35F3N4O4. The van der Waals surface area contributed by atoms with Crippen molar-refractivity contribution in [3.8, 4) is 0 Å². The number of amides is 2. The molecule has 1 saturated carbocycles. The maximum Gasteiger partial charge on any atom is 0.416 e. The fourth-order valence-electron chi connectivity index (χ4n) is 5.59. The minimum absolute atomic E-state index is 0.101. The Morgan fingerprint density at radius 3 is 2.44 bits per heavy atom. The summed E-state index contributed by atoms with van der Waals surface area (Å²) in [4.78, 5) is 31.4. The van der Waals surface area contributed by atoms with Gasteiger partial charge in [-0.3, -0.25) is 14.6 Å². The molecule has 1 aliphatic carbocycles. The predicted octanol–water partition coefficient (Wildman–Crippen LogP) is 2.99. The average Bonchev–Trinajstić information content (AvgIpc) is 3.33. The minimum atomic E-state index is -4.58. The van der Waals surface area contributed by atoms with Gasteiger partial charge in [0, 0.05) is 30.4 Å². The monoisotopic (exact) mass is 548 g/mol. The lowest BCUT2D eigenvalue weighted by atomic mass is 9.79. The minimum Gasteiger partial charge on any atom is -0.388 e. The molecule has 1 aromatic carbocycles. The van der Waals surface area contributed by atoms with Crippen molar-refractivity contribution in [3.63, 3.8) is 0 Å². The molecule has 4 N–H and O–H groups in total. The molecule has 39 heavy (non-hydrogen) atoms. The van der Waals surface area contributed by atoms with E-state index in [2.05, 4.69) is 15.6 Å². The first kappa shape index (κ1) is 29.0. The second-order valence-electron chi connectivity index (χ2n) is 11.1. The standard InChI is InChI=1S/C28H35F3N4O4/c1-26(2,38)23-15-21(34-20-9-11-27(39,12-10-20)22-8-3-4-13-32-22)17-35(23)24(36)16-33-25(37)18-6-5-7-19(14-18)28(29,30)31/h3-8,13-14,20-21,23,34,38-39H,9-12,15-17H2,1-2H3,(H,33,37)/t20?,21-,23-,27?/m0/s1. The van der Waals surface area contributed by atoms with Gasteiger partial charge in [-0.25, -0.2) is 0 Å². The van der Waals surface area contributed by atoms with Crippen molar-refractivity contribution in [2.75, 3.05) is 13.1 Å². The Balaban J connectivity index is 1.34. The maximum absolute atomic E-state index is 13.1. The van der Waals surface area contributed by atoms with Crippen molar-refractivity contribution in [3.05, 3.63) is 65.5 Å². The molecule has 2 amide bonds. The highest BCUT2D eigenvalue weighted by molar-refractivity contribution is 5.96. The van der Waals surface area contributed by atoms with Crippen LogP contribution >= 0.6 is 0 Å². The van der Waals surface area contributed by atoms with E-state index in [4.69, 9.17) is 0 Å². The van der Waals surface area contributed by atoms with Crippen LogP contribution in [0.2, 0.25) is 0 Å². The van der Waals surface area contributed by atoms with Crippen LogP contribution in [0.5, 0.6) is 0 Å². The number of carbonyl (C=O) groups excluding carboxylic acids is 2. The number of pyridine rings is 1. The molecule has 2 aliphatic rings. The molecule has 1 saturated heterocycles. The van der Waals surface area contributed by atoms with Crippen molar-refractivity contribution in [2.45, 2.75) is 81.5 Å². The van der Waals surface area contributed by atoms with Crippen LogP contribution in [0.15, 0.2) is 48.7 Å². The van der Waals surface area contributed by atoms with Crippen LogP contribution in [0.4, 0.5) is 13.2 Å². The molecule has 212 valence electrons. The Labute approximate surface area is 225 Å². The summed E-state index contributed by atoms with van der Waals surface area (Å²) in [6.07, 6.45) is 0.119. The second kappa shape index (κ2) is 11.2. The van der Waals surface area contributed by atoms with Crippen LogP contribution in [0.1, 0.15) is 67.6 Å². The predicted molar refractivity (Wildman–Crippen MR) is 138 cm³/mol. The van der Waals surface area contributed by atoms with E-state index >= 15 is 0 Å². The zero-order chi connectivity index (χ0) is 28.4. The van der Waals surface area contributed by atoms with Gasteiger partial charge in [-0.2, -0.15) is 13.2 Å². The smallest absolute Gasteiger partial charge is 0.388 e. The summed E-state index contributed by atoms with van der Waals surface area (Å²) in [6, 6.07) is 9.01. The number of carbonyl (C=O) groups is 2. The number of nitrogens with zero attached hydrogens (tertiary/aromatic N) is 2. The third kappa shape index (κ3) is 6.95. The summed E-state index contributed by atoms with van der Waals surface area (Å²) in [6.45, 7) is 3.15. The van der Waals surface area contributed by atoms with Gasteiger partial charge in [-0.05, 0) is 76.3 Å². The fourth-order valence-corrected chi connectivity index (χ4v) is 5.59. The van der Waals surface area contributed by atoms with E-state index in [1.807, 2.05) is 18.2 Å². The molecule has 2 fully saturated rings. The van der Waals surface area contributed by atoms with E-state index in [1.54, 1.807) is 20.0 Å². The Morgan fingerprint density at radius 2 is 1.82 bits per heavy atom. The topological polar surface area (TPSA) is 115 Å². The molecule has 1 aliphatic heterocycles. The van der Waals surface area contributed by atoms with Crippen LogP contribution < -0.4 is 10.6 Å². The van der Waals surface area contributed by atoms with Crippen LogP contribution in [0, 0.1) is 0 Å². The van der Waals surface area contributed by atoms with Gasteiger partial charge >= 0.3 is 6.18 Å². The maximum atomic E-state index is 13.1. The van der Waals surface area contributed by atoms with E-state index in [0.717, 1.165) is 31.0 Å². The van der Waals surface area contributed by atoms with Gasteiger partial charge in [0.15, 0.2) is 0 Å². The van der Waals surface area contributed by atoms with Crippen LogP contribution in [-0.4, -0.2) is 68.7 Å². The lowest BCUT2D eigenvalue weighted by Gasteiger charge is -2.37. The van der Waals surface area contributed by atoms with E-state index < -0.39 is 47.3 Å².